The molecular weight excluding hydrogens is 194 g/mol. The summed E-state index contributed by atoms with van der Waals surface area (Å²) in [5, 5.41) is 0. The van der Waals surface area contributed by atoms with Crippen LogP contribution in [0.4, 0.5) is 0 Å². The van der Waals surface area contributed by atoms with Crippen LogP contribution in [0.5, 0.6) is 0 Å². The fourth-order valence-electron chi connectivity index (χ4n) is 1.63. The van der Waals surface area contributed by atoms with E-state index in [-0.39, 0.29) is 0 Å². The molecule has 0 amide bonds. The van der Waals surface area contributed by atoms with Crippen LogP contribution in [0.3, 0.4) is 0 Å². The molecule has 0 aliphatic carbocycles. The molecule has 0 spiro atoms. The number of hydrogen-bond acceptors (Lipinski definition) is 1. The van der Waals surface area contributed by atoms with E-state index in [9.17, 15) is 0 Å². The maximum Gasteiger partial charge on any atom is 0.0269 e. The lowest BCUT2D eigenvalue weighted by Gasteiger charge is -2.07. The van der Waals surface area contributed by atoms with E-state index in [1.165, 1.54) is 11.1 Å². The molecule has 1 nitrogen and oxygen atoms in total. The topological polar surface area (TPSA) is 12.4 Å². The third kappa shape index (κ3) is 3.50. The molecule has 0 aliphatic heterocycles. The first-order chi connectivity index (χ1) is 7.79. The average molecular weight is 213 g/mol. The highest BCUT2D eigenvalue weighted by atomic mass is 14.6. The second-order valence-electron chi connectivity index (χ2n) is 3.66. The van der Waals surface area contributed by atoms with E-state index in [1.54, 1.807) is 12.4 Å². The fourth-order valence-corrected chi connectivity index (χ4v) is 1.63. The first-order valence-corrected chi connectivity index (χ1v) is 5.71. The summed E-state index contributed by atoms with van der Waals surface area (Å²) in [6.07, 6.45) is 7.75. The smallest absolute Gasteiger partial charge is 0.0269 e. The van der Waals surface area contributed by atoms with E-state index in [4.69, 9.17) is 0 Å². The maximum absolute atomic E-state index is 4.08. The van der Waals surface area contributed by atoms with Crippen molar-refractivity contribution in [3.05, 3.63) is 54.2 Å². The molecule has 1 aromatic rings. The lowest BCUT2D eigenvalue weighted by molar-refractivity contribution is 0.919. The summed E-state index contributed by atoms with van der Waals surface area (Å²) in [6, 6.07) is 8.42. The molecule has 0 heterocycles. The van der Waals surface area contributed by atoms with Gasteiger partial charge in [0.25, 0.3) is 0 Å². The van der Waals surface area contributed by atoms with Gasteiger partial charge in [-0.05, 0) is 36.1 Å². The van der Waals surface area contributed by atoms with Crippen LogP contribution in [0.15, 0.2) is 48.1 Å². The lowest BCUT2D eigenvalue weighted by Crippen LogP contribution is -1.90. The van der Waals surface area contributed by atoms with E-state index >= 15 is 0 Å². The largest absolute Gasteiger partial charge is 0.269 e. The van der Waals surface area contributed by atoms with E-state index in [0.717, 1.165) is 18.4 Å². The van der Waals surface area contributed by atoms with E-state index in [0.29, 0.717) is 0 Å². The molecule has 1 rings (SSSR count). The summed E-state index contributed by atoms with van der Waals surface area (Å²) in [5.74, 6) is 0. The summed E-state index contributed by atoms with van der Waals surface area (Å²) >= 11 is 0. The van der Waals surface area contributed by atoms with Crippen LogP contribution < -0.4 is 0 Å². The first kappa shape index (κ1) is 12.4. The molecule has 16 heavy (non-hydrogen) atoms. The highest BCUT2D eigenvalue weighted by Gasteiger charge is 2.01. The molecular formula is C15H19N. The minimum atomic E-state index is 1.02. The zero-order valence-electron chi connectivity index (χ0n) is 10.1. The molecule has 0 aromatic heterocycles. The molecule has 1 aromatic carbocycles. The van der Waals surface area contributed by atoms with Crippen LogP contribution in [0.2, 0.25) is 0 Å². The number of aliphatic imine (C=N–C) groups is 1. The zero-order valence-corrected chi connectivity index (χ0v) is 10.1. The van der Waals surface area contributed by atoms with Crippen molar-refractivity contribution in [1.29, 1.82) is 0 Å². The van der Waals surface area contributed by atoms with Gasteiger partial charge in [-0.1, -0.05) is 44.2 Å². The molecule has 0 atom stereocenters. The Kier molecular flexibility index (Phi) is 5.27. The number of allylic oxidation sites excluding steroid dienone is 2. The number of hydrogen-bond donors (Lipinski definition) is 0. The Balaban J connectivity index is 2.89. The Bertz CT molecular complexity index is 400. The summed E-state index contributed by atoms with van der Waals surface area (Å²) in [6.45, 7) is 8.17. The van der Waals surface area contributed by atoms with Crippen molar-refractivity contribution in [2.75, 3.05) is 0 Å². The minimum Gasteiger partial charge on any atom is -0.269 e. The van der Waals surface area contributed by atoms with E-state index in [1.807, 2.05) is 13.0 Å². The SMILES string of the molecule is C=C(/C=C\N=C/C)c1ccccc1CCC. The van der Waals surface area contributed by atoms with Crippen molar-refractivity contribution >= 4 is 11.8 Å². The average Bonchev–Trinajstić information content (AvgIpc) is 2.30. The Hall–Kier alpha value is -1.63. The zero-order chi connectivity index (χ0) is 11.8. The quantitative estimate of drug-likeness (QED) is 0.512. The van der Waals surface area contributed by atoms with Crippen LogP contribution in [-0.2, 0) is 6.42 Å². The highest BCUT2D eigenvalue weighted by Crippen LogP contribution is 2.20. The number of rotatable bonds is 5. The van der Waals surface area contributed by atoms with Gasteiger partial charge in [-0.15, -0.1) is 0 Å². The molecule has 0 N–H and O–H groups in total. The van der Waals surface area contributed by atoms with Crippen LogP contribution in [0.1, 0.15) is 31.4 Å². The van der Waals surface area contributed by atoms with Crippen LogP contribution in [0, 0.1) is 0 Å². The van der Waals surface area contributed by atoms with Crippen LogP contribution in [0.25, 0.3) is 5.57 Å². The number of benzene rings is 1. The predicted molar refractivity (Wildman–Crippen MR) is 72.8 cm³/mol. The van der Waals surface area contributed by atoms with Crippen LogP contribution in [-0.4, -0.2) is 6.21 Å². The second kappa shape index (κ2) is 6.78. The van der Waals surface area contributed by atoms with Crippen molar-refractivity contribution in [3.63, 3.8) is 0 Å². The van der Waals surface area contributed by atoms with Crippen molar-refractivity contribution in [2.45, 2.75) is 26.7 Å². The molecule has 84 valence electrons. The van der Waals surface area contributed by atoms with Gasteiger partial charge < -0.3 is 0 Å². The Labute approximate surface area is 98.2 Å². The Morgan fingerprint density at radius 1 is 1.38 bits per heavy atom. The van der Waals surface area contributed by atoms with Crippen molar-refractivity contribution in [1.82, 2.24) is 0 Å². The monoisotopic (exact) mass is 213 g/mol. The third-order valence-corrected chi connectivity index (χ3v) is 2.39. The highest BCUT2D eigenvalue weighted by molar-refractivity contribution is 5.74. The van der Waals surface area contributed by atoms with Crippen molar-refractivity contribution < 1.29 is 0 Å². The van der Waals surface area contributed by atoms with Gasteiger partial charge in [0.2, 0.25) is 0 Å². The first-order valence-electron chi connectivity index (χ1n) is 5.71. The predicted octanol–water partition coefficient (Wildman–Crippen LogP) is 4.26. The molecule has 0 unspecified atom stereocenters. The molecule has 0 radical (unpaired) electrons. The van der Waals surface area contributed by atoms with Gasteiger partial charge >= 0.3 is 0 Å². The summed E-state index contributed by atoms with van der Waals surface area (Å²) in [5.41, 5.74) is 3.61. The normalized spacial score (nSPS) is 11.4. The van der Waals surface area contributed by atoms with Gasteiger partial charge in [0, 0.05) is 12.4 Å². The van der Waals surface area contributed by atoms with Crippen LogP contribution >= 0.6 is 0 Å². The molecule has 1 heteroatoms. The molecule has 0 saturated carbocycles. The van der Waals surface area contributed by atoms with E-state index in [2.05, 4.69) is 42.8 Å². The number of nitrogens with zero attached hydrogens (tertiary/aromatic N) is 1. The molecule has 0 aliphatic rings. The molecule has 0 bridgehead atoms. The summed E-state index contributed by atoms with van der Waals surface area (Å²) in [4.78, 5) is 4.05. The van der Waals surface area contributed by atoms with Gasteiger partial charge in [-0.25, -0.2) is 0 Å². The summed E-state index contributed by atoms with van der Waals surface area (Å²) < 4.78 is 0. The second-order valence-corrected chi connectivity index (χ2v) is 3.66. The van der Waals surface area contributed by atoms with Gasteiger partial charge in [-0.2, -0.15) is 0 Å². The maximum atomic E-state index is 4.08. The third-order valence-electron chi connectivity index (χ3n) is 2.39. The van der Waals surface area contributed by atoms with Gasteiger partial charge in [0.15, 0.2) is 0 Å². The Morgan fingerprint density at radius 3 is 2.81 bits per heavy atom. The van der Waals surface area contributed by atoms with Gasteiger partial charge in [0.1, 0.15) is 0 Å². The number of aryl methyl sites for hydroxylation is 1. The molecule has 0 saturated heterocycles. The standard InChI is InChI=1S/C15H19N/c1-4-8-14-9-6-7-10-15(14)13(3)11-12-16-5-2/h5-7,9-12H,3-4,8H2,1-2H3/b12-11-,16-5-. The van der Waals surface area contributed by atoms with Crippen molar-refractivity contribution in [3.8, 4) is 0 Å². The van der Waals surface area contributed by atoms with Gasteiger partial charge in [-0.3, -0.25) is 4.99 Å². The molecule has 0 fully saturated rings. The minimum absolute atomic E-state index is 1.02. The van der Waals surface area contributed by atoms with E-state index < -0.39 is 0 Å². The fraction of sp³-hybridized carbons (Fsp3) is 0.267. The summed E-state index contributed by atoms with van der Waals surface area (Å²) in [7, 11) is 0. The van der Waals surface area contributed by atoms with Crippen molar-refractivity contribution in [2.24, 2.45) is 4.99 Å². The van der Waals surface area contributed by atoms with Gasteiger partial charge in [0.05, 0.1) is 0 Å². The Morgan fingerprint density at radius 2 is 2.12 bits per heavy atom. The lowest BCUT2D eigenvalue weighted by atomic mass is 9.98.